The summed E-state index contributed by atoms with van der Waals surface area (Å²) in [7, 11) is 0. The van der Waals surface area contributed by atoms with Crippen molar-refractivity contribution in [1.29, 1.82) is 0 Å². The van der Waals surface area contributed by atoms with Gasteiger partial charge in [0.1, 0.15) is 11.1 Å². The van der Waals surface area contributed by atoms with Gasteiger partial charge in [0.05, 0.1) is 11.6 Å². The molecule has 4 aromatic carbocycles. The van der Waals surface area contributed by atoms with Gasteiger partial charge in [-0.2, -0.15) is 0 Å². The second kappa shape index (κ2) is 5.39. The molecule has 0 bridgehead atoms. The van der Waals surface area contributed by atoms with Crippen molar-refractivity contribution in [3.8, 4) is 11.4 Å². The van der Waals surface area contributed by atoms with Crippen LogP contribution in [0.1, 0.15) is 0 Å². The molecule has 0 aliphatic rings. The van der Waals surface area contributed by atoms with Crippen LogP contribution in [0.25, 0.3) is 55.0 Å². The molecule has 2 heterocycles. The molecule has 3 heteroatoms. The zero-order valence-electron chi connectivity index (χ0n) is 14.4. The van der Waals surface area contributed by atoms with Gasteiger partial charge in [-0.25, -0.2) is 9.97 Å². The maximum atomic E-state index is 6.24. The van der Waals surface area contributed by atoms with E-state index in [-0.39, 0.29) is 0 Å². The summed E-state index contributed by atoms with van der Waals surface area (Å²) in [5.41, 5.74) is 3.45. The minimum atomic E-state index is 0.711. The number of hydrogen-bond donors (Lipinski definition) is 0. The van der Waals surface area contributed by atoms with Crippen molar-refractivity contribution in [2.45, 2.75) is 0 Å². The van der Waals surface area contributed by atoms with E-state index in [2.05, 4.69) is 47.4 Å². The Labute approximate surface area is 154 Å². The van der Waals surface area contributed by atoms with Crippen LogP contribution in [0, 0.1) is 0 Å². The van der Waals surface area contributed by atoms with Gasteiger partial charge < -0.3 is 4.42 Å². The monoisotopic (exact) mass is 346 g/mol. The summed E-state index contributed by atoms with van der Waals surface area (Å²) in [6, 6.07) is 26.9. The standard InChI is InChI=1S/C24H14N2O/c1-2-8-15(9-3-1)24-25-14-20-22(26-24)21-18-12-6-4-10-16(18)17-11-5-7-13-19(17)23(21)27-20/h1-14H. The van der Waals surface area contributed by atoms with E-state index in [9.17, 15) is 0 Å². The second-order valence-electron chi connectivity index (χ2n) is 6.67. The number of nitrogens with zero attached hydrogens (tertiary/aromatic N) is 2. The maximum absolute atomic E-state index is 6.24. The molecule has 27 heavy (non-hydrogen) atoms. The van der Waals surface area contributed by atoms with E-state index in [1.807, 2.05) is 36.4 Å². The summed E-state index contributed by atoms with van der Waals surface area (Å²) < 4.78 is 6.24. The Morgan fingerprint density at radius 1 is 0.630 bits per heavy atom. The largest absolute Gasteiger partial charge is 0.452 e. The van der Waals surface area contributed by atoms with Gasteiger partial charge in [0.15, 0.2) is 11.4 Å². The fourth-order valence-electron chi connectivity index (χ4n) is 3.91. The van der Waals surface area contributed by atoms with Gasteiger partial charge >= 0.3 is 0 Å². The smallest absolute Gasteiger partial charge is 0.172 e. The van der Waals surface area contributed by atoms with E-state index in [1.165, 1.54) is 10.8 Å². The zero-order chi connectivity index (χ0) is 17.8. The van der Waals surface area contributed by atoms with Crippen LogP contribution in [0.4, 0.5) is 0 Å². The Hall–Kier alpha value is -3.72. The van der Waals surface area contributed by atoms with Gasteiger partial charge in [-0.05, 0) is 16.2 Å². The minimum Gasteiger partial charge on any atom is -0.452 e. The van der Waals surface area contributed by atoms with Crippen molar-refractivity contribution in [2.75, 3.05) is 0 Å². The molecule has 6 rings (SSSR count). The summed E-state index contributed by atoms with van der Waals surface area (Å²) in [6.07, 6.45) is 1.79. The molecule has 0 aliphatic carbocycles. The van der Waals surface area contributed by atoms with Crippen molar-refractivity contribution in [1.82, 2.24) is 9.97 Å². The van der Waals surface area contributed by atoms with Crippen molar-refractivity contribution < 1.29 is 4.42 Å². The highest BCUT2D eigenvalue weighted by atomic mass is 16.3. The van der Waals surface area contributed by atoms with Crippen LogP contribution >= 0.6 is 0 Å². The Kier molecular flexibility index (Phi) is 2.88. The van der Waals surface area contributed by atoms with Crippen LogP contribution < -0.4 is 0 Å². The summed E-state index contributed by atoms with van der Waals surface area (Å²) in [6.45, 7) is 0. The van der Waals surface area contributed by atoms with Crippen LogP contribution in [0.15, 0.2) is 89.5 Å². The van der Waals surface area contributed by atoms with Crippen molar-refractivity contribution in [2.24, 2.45) is 0 Å². The Balaban J connectivity index is 1.83. The van der Waals surface area contributed by atoms with Crippen LogP contribution in [0.3, 0.4) is 0 Å². The highest BCUT2D eigenvalue weighted by molar-refractivity contribution is 6.29. The molecule has 126 valence electrons. The van der Waals surface area contributed by atoms with Crippen LogP contribution in [0.2, 0.25) is 0 Å². The number of hydrogen-bond acceptors (Lipinski definition) is 3. The molecule has 6 aromatic rings. The number of rotatable bonds is 1. The molecule has 0 amide bonds. The molecule has 0 spiro atoms. The van der Waals surface area contributed by atoms with E-state index in [1.54, 1.807) is 6.20 Å². The highest BCUT2D eigenvalue weighted by Gasteiger charge is 2.17. The molecular formula is C24H14N2O. The van der Waals surface area contributed by atoms with E-state index in [4.69, 9.17) is 9.40 Å². The van der Waals surface area contributed by atoms with Gasteiger partial charge in [-0.1, -0.05) is 78.9 Å². The lowest BCUT2D eigenvalue weighted by molar-refractivity contribution is 0.669. The normalized spacial score (nSPS) is 11.7. The predicted octanol–water partition coefficient (Wildman–Crippen LogP) is 6.35. The zero-order valence-corrected chi connectivity index (χ0v) is 14.4. The summed E-state index contributed by atoms with van der Waals surface area (Å²) in [5, 5.41) is 5.71. The quantitative estimate of drug-likeness (QED) is 0.326. The first-order chi connectivity index (χ1) is 13.4. The third-order valence-electron chi connectivity index (χ3n) is 5.12. The minimum absolute atomic E-state index is 0.711. The number of fused-ring (bicyclic) bond motifs is 8. The Bertz CT molecular complexity index is 1470. The third kappa shape index (κ3) is 2.02. The lowest BCUT2D eigenvalue weighted by Gasteiger charge is -2.05. The molecule has 0 unspecified atom stereocenters. The first-order valence-electron chi connectivity index (χ1n) is 8.94. The Morgan fingerprint density at radius 3 is 2.04 bits per heavy atom. The summed E-state index contributed by atoms with van der Waals surface area (Å²) >= 11 is 0. The van der Waals surface area contributed by atoms with Crippen molar-refractivity contribution in [3.05, 3.63) is 85.1 Å². The van der Waals surface area contributed by atoms with Gasteiger partial charge in [0, 0.05) is 10.9 Å². The van der Waals surface area contributed by atoms with E-state index >= 15 is 0 Å². The van der Waals surface area contributed by atoms with Crippen LogP contribution in [-0.2, 0) is 0 Å². The molecular weight excluding hydrogens is 332 g/mol. The van der Waals surface area contributed by atoms with Gasteiger partial charge in [-0.3, -0.25) is 0 Å². The predicted molar refractivity (Wildman–Crippen MR) is 110 cm³/mol. The highest BCUT2D eigenvalue weighted by Crippen LogP contribution is 2.40. The molecule has 3 nitrogen and oxygen atoms in total. The fourth-order valence-corrected chi connectivity index (χ4v) is 3.91. The molecule has 2 aromatic heterocycles. The Morgan fingerprint density at radius 2 is 1.26 bits per heavy atom. The molecule has 0 saturated carbocycles. The van der Waals surface area contributed by atoms with Gasteiger partial charge in [0.2, 0.25) is 0 Å². The van der Waals surface area contributed by atoms with E-state index < -0.39 is 0 Å². The lowest BCUT2D eigenvalue weighted by Crippen LogP contribution is -1.88. The van der Waals surface area contributed by atoms with Crippen LogP contribution in [0.5, 0.6) is 0 Å². The molecule has 0 saturated heterocycles. The average molecular weight is 346 g/mol. The maximum Gasteiger partial charge on any atom is 0.172 e. The third-order valence-corrected chi connectivity index (χ3v) is 5.12. The first kappa shape index (κ1) is 14.4. The average Bonchev–Trinajstić information content (AvgIpc) is 3.14. The van der Waals surface area contributed by atoms with E-state index in [0.717, 1.165) is 32.8 Å². The van der Waals surface area contributed by atoms with Crippen molar-refractivity contribution >= 4 is 43.6 Å². The fraction of sp³-hybridized carbons (Fsp3) is 0. The number of benzene rings is 4. The lowest BCUT2D eigenvalue weighted by atomic mass is 9.98. The van der Waals surface area contributed by atoms with Gasteiger partial charge in [0.25, 0.3) is 0 Å². The number of furan rings is 1. The van der Waals surface area contributed by atoms with Crippen molar-refractivity contribution in [3.63, 3.8) is 0 Å². The van der Waals surface area contributed by atoms with Gasteiger partial charge in [-0.15, -0.1) is 0 Å². The SMILES string of the molecule is c1ccc(-c2ncc3oc4c5ccccc5c5ccccc5c4c3n2)cc1. The summed E-state index contributed by atoms with van der Waals surface area (Å²) in [5.74, 6) is 0.711. The van der Waals surface area contributed by atoms with Crippen LogP contribution in [-0.4, -0.2) is 9.97 Å². The molecule has 0 fully saturated rings. The molecule has 0 atom stereocenters. The van der Waals surface area contributed by atoms with E-state index in [0.29, 0.717) is 11.4 Å². The molecule has 0 aliphatic heterocycles. The first-order valence-corrected chi connectivity index (χ1v) is 8.94. The topological polar surface area (TPSA) is 38.9 Å². The molecule has 0 N–H and O–H groups in total. The number of aromatic nitrogens is 2. The summed E-state index contributed by atoms with van der Waals surface area (Å²) in [4.78, 5) is 9.41. The second-order valence-corrected chi connectivity index (χ2v) is 6.67. The molecule has 0 radical (unpaired) electrons.